The first-order valence-corrected chi connectivity index (χ1v) is 6.03. The van der Waals surface area contributed by atoms with Gasteiger partial charge in [0.25, 0.3) is 0 Å². The summed E-state index contributed by atoms with van der Waals surface area (Å²) in [6.07, 6.45) is -5.29. The van der Waals surface area contributed by atoms with Gasteiger partial charge in [-0.25, -0.2) is 0 Å². The van der Waals surface area contributed by atoms with E-state index in [2.05, 4.69) is 4.18 Å². The molecule has 0 fully saturated rings. The topological polar surface area (TPSA) is 86.5 Å². The number of halogens is 6. The van der Waals surface area contributed by atoms with Gasteiger partial charge in [-0.05, 0) is 12.1 Å². The van der Waals surface area contributed by atoms with Crippen molar-refractivity contribution < 1.29 is 43.9 Å². The summed E-state index contributed by atoms with van der Waals surface area (Å²) in [7, 11) is -6.34. The molecule has 6 nitrogen and oxygen atoms in total. The second-order valence-electron chi connectivity index (χ2n) is 3.39. The van der Waals surface area contributed by atoms with Gasteiger partial charge in [0.1, 0.15) is 5.56 Å². The molecule has 0 aliphatic heterocycles. The second kappa shape index (κ2) is 5.05. The maximum Gasteiger partial charge on any atom is 0.534 e. The van der Waals surface area contributed by atoms with E-state index in [1.54, 1.807) is 0 Å². The number of nitro benzene ring substituents is 1. The molecule has 0 aliphatic carbocycles. The molecule has 0 saturated carbocycles. The van der Waals surface area contributed by atoms with E-state index in [4.69, 9.17) is 0 Å². The van der Waals surface area contributed by atoms with Crippen molar-refractivity contribution >= 4 is 15.8 Å². The SMILES string of the molecule is O=[N+]([O-])c1c(OS(=O)(=O)C(F)(F)F)cccc1C(F)(F)F. The summed E-state index contributed by atoms with van der Waals surface area (Å²) in [4.78, 5) is 8.88. The smallest absolute Gasteiger partial charge is 0.369 e. The zero-order valence-electron chi connectivity index (χ0n) is 9.40. The van der Waals surface area contributed by atoms with Crippen LogP contribution in [-0.4, -0.2) is 18.8 Å². The zero-order chi connectivity index (χ0) is 16.6. The van der Waals surface area contributed by atoms with Gasteiger partial charge in [-0.15, -0.1) is 0 Å². The van der Waals surface area contributed by atoms with Gasteiger partial charge in [0.05, 0.1) is 4.92 Å². The monoisotopic (exact) mass is 339 g/mol. The van der Waals surface area contributed by atoms with Crippen LogP contribution in [-0.2, 0) is 16.3 Å². The van der Waals surface area contributed by atoms with Crippen LogP contribution < -0.4 is 4.18 Å². The molecule has 0 saturated heterocycles. The van der Waals surface area contributed by atoms with Crippen LogP contribution in [0.5, 0.6) is 5.75 Å². The van der Waals surface area contributed by atoms with Crippen molar-refractivity contribution in [1.82, 2.24) is 0 Å². The highest BCUT2D eigenvalue weighted by Gasteiger charge is 2.50. The Balaban J connectivity index is 3.50. The van der Waals surface area contributed by atoms with Crippen LogP contribution in [0.25, 0.3) is 0 Å². The Morgan fingerprint density at radius 1 is 1.10 bits per heavy atom. The number of hydrogen-bond donors (Lipinski definition) is 0. The quantitative estimate of drug-likeness (QED) is 0.278. The molecule has 1 aromatic rings. The summed E-state index contributed by atoms with van der Waals surface area (Å²) in [6.45, 7) is 0. The molecule has 1 aromatic carbocycles. The van der Waals surface area contributed by atoms with Crippen molar-refractivity contribution in [2.45, 2.75) is 11.7 Å². The van der Waals surface area contributed by atoms with Crippen molar-refractivity contribution in [2.24, 2.45) is 0 Å². The van der Waals surface area contributed by atoms with Crippen LogP contribution >= 0.6 is 0 Å². The molecular formula is C8H3F6NO5S. The van der Waals surface area contributed by atoms with Gasteiger partial charge >= 0.3 is 27.5 Å². The molecular weight excluding hydrogens is 336 g/mol. The van der Waals surface area contributed by atoms with Gasteiger partial charge in [0.2, 0.25) is 5.75 Å². The standard InChI is InChI=1S/C8H3F6NO5S/c9-7(10,11)4-2-1-3-5(6(4)15(16)17)20-21(18,19)8(12,13)14/h1-3H. The fourth-order valence-corrected chi connectivity index (χ4v) is 1.64. The minimum Gasteiger partial charge on any atom is -0.369 e. The minimum absolute atomic E-state index is 0.200. The highest BCUT2D eigenvalue weighted by Crippen LogP contribution is 2.42. The number of para-hydroxylation sites is 1. The highest BCUT2D eigenvalue weighted by molar-refractivity contribution is 7.88. The molecule has 0 unspecified atom stereocenters. The Bertz CT molecular complexity index is 665. The number of nitrogens with zero attached hydrogens (tertiary/aromatic N) is 1. The lowest BCUT2D eigenvalue weighted by Gasteiger charge is -2.12. The maximum absolute atomic E-state index is 12.5. The Labute approximate surface area is 112 Å². The van der Waals surface area contributed by atoms with Crippen LogP contribution in [0.1, 0.15) is 5.56 Å². The number of alkyl halides is 6. The maximum atomic E-state index is 12.5. The molecule has 0 radical (unpaired) electrons. The van der Waals surface area contributed by atoms with Crippen molar-refractivity contribution in [2.75, 3.05) is 0 Å². The van der Waals surface area contributed by atoms with Crippen molar-refractivity contribution in [3.63, 3.8) is 0 Å². The highest BCUT2D eigenvalue weighted by atomic mass is 32.2. The molecule has 0 atom stereocenters. The number of hydrogen-bond acceptors (Lipinski definition) is 5. The largest absolute Gasteiger partial charge is 0.534 e. The first kappa shape index (κ1) is 17.0. The second-order valence-corrected chi connectivity index (χ2v) is 4.93. The van der Waals surface area contributed by atoms with Gasteiger partial charge in [-0.1, -0.05) is 6.07 Å². The third-order valence-corrected chi connectivity index (χ3v) is 2.94. The van der Waals surface area contributed by atoms with E-state index in [0.29, 0.717) is 12.1 Å². The Kier molecular flexibility index (Phi) is 4.09. The molecule has 13 heteroatoms. The first-order valence-electron chi connectivity index (χ1n) is 4.62. The molecule has 0 heterocycles. The Hall–Kier alpha value is -2.05. The van der Waals surface area contributed by atoms with Crippen LogP contribution in [0.15, 0.2) is 18.2 Å². The molecule has 0 bridgehead atoms. The summed E-state index contributed by atoms with van der Waals surface area (Å²) in [5.74, 6) is -1.69. The van der Waals surface area contributed by atoms with E-state index < -0.39 is 43.7 Å². The number of nitro groups is 1. The lowest BCUT2D eigenvalue weighted by atomic mass is 10.1. The summed E-state index contributed by atoms with van der Waals surface area (Å²) in [5.41, 5.74) is -9.82. The number of rotatable bonds is 3. The lowest BCUT2D eigenvalue weighted by Crippen LogP contribution is -2.28. The average molecular weight is 339 g/mol. The van der Waals surface area contributed by atoms with Gasteiger partial charge in [0.15, 0.2) is 0 Å². The molecule has 0 aliphatic rings. The van der Waals surface area contributed by atoms with E-state index in [-0.39, 0.29) is 6.07 Å². The van der Waals surface area contributed by atoms with Crippen LogP contribution in [0.3, 0.4) is 0 Å². The van der Waals surface area contributed by atoms with E-state index in [1.165, 1.54) is 0 Å². The van der Waals surface area contributed by atoms with E-state index >= 15 is 0 Å². The van der Waals surface area contributed by atoms with Crippen LogP contribution in [0, 0.1) is 10.1 Å². The third-order valence-electron chi connectivity index (χ3n) is 1.97. The van der Waals surface area contributed by atoms with Crippen molar-refractivity contribution in [3.8, 4) is 5.75 Å². The van der Waals surface area contributed by atoms with Gasteiger partial charge in [-0.2, -0.15) is 34.8 Å². The molecule has 0 amide bonds. The predicted octanol–water partition coefficient (Wildman–Crippen LogP) is 2.84. The molecule has 0 N–H and O–H groups in total. The zero-order valence-corrected chi connectivity index (χ0v) is 10.2. The van der Waals surface area contributed by atoms with Gasteiger partial charge in [-0.3, -0.25) is 10.1 Å². The van der Waals surface area contributed by atoms with E-state index in [9.17, 15) is 44.9 Å². The fourth-order valence-electron chi connectivity index (χ4n) is 1.17. The summed E-state index contributed by atoms with van der Waals surface area (Å²) >= 11 is 0. The number of benzene rings is 1. The summed E-state index contributed by atoms with van der Waals surface area (Å²) in [5, 5.41) is 10.6. The normalized spacial score (nSPS) is 13.0. The molecule has 118 valence electrons. The van der Waals surface area contributed by atoms with Crippen LogP contribution in [0.4, 0.5) is 32.0 Å². The summed E-state index contributed by atoms with van der Waals surface area (Å²) in [6, 6.07) is 0.971. The van der Waals surface area contributed by atoms with Gasteiger partial charge in [0, 0.05) is 0 Å². The first-order chi connectivity index (χ1) is 9.27. The van der Waals surface area contributed by atoms with Gasteiger partial charge < -0.3 is 4.18 Å². The predicted molar refractivity (Wildman–Crippen MR) is 53.7 cm³/mol. The molecule has 1 rings (SSSR count). The fraction of sp³-hybridized carbons (Fsp3) is 0.250. The minimum atomic E-state index is -6.34. The molecule has 21 heavy (non-hydrogen) atoms. The molecule has 0 spiro atoms. The van der Waals surface area contributed by atoms with Crippen LogP contribution in [0.2, 0.25) is 0 Å². The van der Waals surface area contributed by atoms with Crippen molar-refractivity contribution in [1.29, 1.82) is 0 Å². The van der Waals surface area contributed by atoms with Crippen molar-refractivity contribution in [3.05, 3.63) is 33.9 Å². The van der Waals surface area contributed by atoms with E-state index in [1.807, 2.05) is 0 Å². The Morgan fingerprint density at radius 3 is 2.00 bits per heavy atom. The lowest BCUT2D eigenvalue weighted by molar-refractivity contribution is -0.388. The molecule has 0 aromatic heterocycles. The third kappa shape index (κ3) is 3.53. The average Bonchev–Trinajstić information content (AvgIpc) is 2.24. The summed E-state index contributed by atoms with van der Waals surface area (Å²) < 4.78 is 98.6. The van der Waals surface area contributed by atoms with E-state index in [0.717, 1.165) is 0 Å². The Morgan fingerprint density at radius 2 is 1.62 bits per heavy atom.